The van der Waals surface area contributed by atoms with E-state index in [1.165, 1.54) is 9.70 Å². The van der Waals surface area contributed by atoms with Crippen LogP contribution < -0.4 is 25.2 Å². The number of carbonyl (C=O) groups is 4. The lowest BCUT2D eigenvalue weighted by molar-refractivity contribution is -0.141. The first-order valence-electron chi connectivity index (χ1n) is 17.0. The quantitative estimate of drug-likeness (QED) is 0.298. The zero-order valence-electron chi connectivity index (χ0n) is 27.8. The Labute approximate surface area is 289 Å². The van der Waals surface area contributed by atoms with Crippen LogP contribution in [0.3, 0.4) is 0 Å². The van der Waals surface area contributed by atoms with E-state index in [1.54, 1.807) is 42.2 Å². The summed E-state index contributed by atoms with van der Waals surface area (Å²) in [6, 6.07) is 4.39. The Balaban J connectivity index is 1.29. The van der Waals surface area contributed by atoms with E-state index in [-0.39, 0.29) is 25.5 Å². The van der Waals surface area contributed by atoms with Crippen molar-refractivity contribution >= 4 is 34.0 Å². The molecule has 2 aliphatic heterocycles. The minimum absolute atomic E-state index is 0.00485. The van der Waals surface area contributed by atoms with Crippen molar-refractivity contribution < 1.29 is 37.1 Å². The van der Waals surface area contributed by atoms with E-state index >= 15 is 0 Å². The van der Waals surface area contributed by atoms with Crippen LogP contribution in [0.1, 0.15) is 76.7 Å². The third kappa shape index (κ3) is 8.07. The summed E-state index contributed by atoms with van der Waals surface area (Å²) >= 11 is 0. The molecule has 1 saturated heterocycles. The molecule has 0 bridgehead atoms. The molecule has 2 aromatic rings. The predicted octanol–water partition coefficient (Wildman–Crippen LogP) is 1.24. The summed E-state index contributed by atoms with van der Waals surface area (Å²) in [6.45, 7) is 0.00485. The number of fused-ring (bicyclic) bond motifs is 2. The van der Waals surface area contributed by atoms with Crippen molar-refractivity contribution in [3.05, 3.63) is 36.4 Å². The molecule has 5 atom stereocenters. The maximum atomic E-state index is 14.4. The first kappa shape index (κ1) is 35.3. The van der Waals surface area contributed by atoms with E-state index in [4.69, 9.17) is 14.6 Å². The van der Waals surface area contributed by atoms with Crippen molar-refractivity contribution in [2.45, 2.75) is 100 Å². The Hall–Kier alpha value is -4.58. The van der Waals surface area contributed by atoms with Gasteiger partial charge in [-0.1, -0.05) is 25.0 Å². The minimum atomic E-state index is -4.42. The van der Waals surface area contributed by atoms with Gasteiger partial charge in [0.05, 0.1) is 13.2 Å². The third-order valence-corrected chi connectivity index (χ3v) is 10.3. The molecule has 270 valence electrons. The van der Waals surface area contributed by atoms with Gasteiger partial charge in [-0.15, -0.1) is 10.2 Å². The summed E-state index contributed by atoms with van der Waals surface area (Å²) in [7, 11) is -2.86. The maximum Gasteiger partial charge on any atom is 0.408 e. The van der Waals surface area contributed by atoms with Crippen molar-refractivity contribution in [2.24, 2.45) is 11.1 Å². The molecule has 50 heavy (non-hydrogen) atoms. The van der Waals surface area contributed by atoms with Crippen molar-refractivity contribution in [3.8, 4) is 17.1 Å². The van der Waals surface area contributed by atoms with Crippen LogP contribution in [0.5, 0.6) is 5.75 Å². The number of nitrogens with two attached hydrogens (primary N) is 1. The number of nitrogens with one attached hydrogen (secondary N) is 3. The van der Waals surface area contributed by atoms with Crippen LogP contribution in [0, 0.1) is 5.92 Å². The highest BCUT2D eigenvalue weighted by atomic mass is 32.2. The van der Waals surface area contributed by atoms with E-state index in [1.807, 2.05) is 6.08 Å². The second kappa shape index (κ2) is 14.7. The predicted molar refractivity (Wildman–Crippen MR) is 177 cm³/mol. The molecular weight excluding hydrogens is 670 g/mol. The number of hydrogen-bond donors (Lipinski definition) is 4. The Morgan fingerprint density at radius 3 is 2.52 bits per heavy atom. The van der Waals surface area contributed by atoms with Crippen molar-refractivity contribution in [1.82, 2.24) is 40.5 Å². The van der Waals surface area contributed by atoms with Crippen molar-refractivity contribution in [3.63, 3.8) is 0 Å². The second-order valence-electron chi connectivity index (χ2n) is 13.4. The van der Waals surface area contributed by atoms with Crippen LogP contribution in [-0.4, -0.2) is 94.7 Å². The number of rotatable bonds is 7. The van der Waals surface area contributed by atoms with Crippen LogP contribution in [0.2, 0.25) is 0 Å². The van der Waals surface area contributed by atoms with E-state index in [2.05, 4.69) is 26.0 Å². The second-order valence-corrected chi connectivity index (χ2v) is 14.7. The molecule has 17 nitrogen and oxygen atoms in total. The zero-order valence-corrected chi connectivity index (χ0v) is 28.6. The number of methoxy groups -OCH3 is 1. The standard InChI is InChI=1S/C32H43N9O8S/c1-48-23-15-13-20(14-16-23)27-36-39-41(37-27)22-17-26-28(42)35-32(30(44)38-50(33,46)47)18-21(32)9-5-3-2-4-6-12-25(29(43)40(26)19-22)34-31(45)49-24-10-7-8-11-24/h5,9,13-16,21-22,24-26H,2-4,6-8,10-12,17-19H2,1H3,(H,34,45)(H,35,42)(H,38,44)(H2,33,46,47)/b9-5-/t21-,22-,25-,26+,32+/m1/s1. The van der Waals surface area contributed by atoms with E-state index in [0.717, 1.165) is 38.5 Å². The van der Waals surface area contributed by atoms with Crippen molar-refractivity contribution in [2.75, 3.05) is 13.7 Å². The third-order valence-electron chi connectivity index (χ3n) is 9.87. The van der Waals surface area contributed by atoms with Gasteiger partial charge in [-0.05, 0) is 80.8 Å². The summed E-state index contributed by atoms with van der Waals surface area (Å²) in [4.78, 5) is 57.5. The summed E-state index contributed by atoms with van der Waals surface area (Å²) in [5.41, 5.74) is -0.901. The average Bonchev–Trinajstić information content (AvgIpc) is 3.55. The Morgan fingerprint density at radius 1 is 1.06 bits per heavy atom. The fraction of sp³-hybridized carbons (Fsp3) is 0.594. The normalized spacial score (nSPS) is 28.3. The molecule has 3 heterocycles. The number of nitrogens with zero attached hydrogens (tertiary/aromatic N) is 5. The molecular formula is C32H43N9O8S. The molecule has 2 saturated carbocycles. The summed E-state index contributed by atoms with van der Waals surface area (Å²) in [5, 5.41) is 23.6. The summed E-state index contributed by atoms with van der Waals surface area (Å²) < 4.78 is 36.3. The highest BCUT2D eigenvalue weighted by Gasteiger charge is 2.61. The number of benzene rings is 1. The number of aromatic nitrogens is 4. The molecule has 0 unspecified atom stereocenters. The molecule has 0 radical (unpaired) electrons. The number of allylic oxidation sites excluding steroid dienone is 1. The lowest BCUT2D eigenvalue weighted by Crippen LogP contribution is -2.58. The van der Waals surface area contributed by atoms with Gasteiger partial charge >= 0.3 is 6.09 Å². The molecule has 1 aromatic heterocycles. The number of hydrogen-bond acceptors (Lipinski definition) is 11. The monoisotopic (exact) mass is 713 g/mol. The molecule has 5 N–H and O–H groups in total. The fourth-order valence-corrected chi connectivity index (χ4v) is 7.49. The van der Waals surface area contributed by atoms with Crippen LogP contribution in [0.15, 0.2) is 36.4 Å². The summed E-state index contributed by atoms with van der Waals surface area (Å²) in [5.74, 6) is -1.62. The Morgan fingerprint density at radius 2 is 1.80 bits per heavy atom. The number of tetrazole rings is 1. The highest BCUT2D eigenvalue weighted by molar-refractivity contribution is 7.87. The van der Waals surface area contributed by atoms with Gasteiger partial charge in [0.2, 0.25) is 17.6 Å². The van der Waals surface area contributed by atoms with Crippen molar-refractivity contribution in [1.29, 1.82) is 0 Å². The van der Waals surface area contributed by atoms with Gasteiger partial charge in [0.1, 0.15) is 29.5 Å². The molecule has 18 heteroatoms. The number of amides is 4. The number of carbonyl (C=O) groups excluding carboxylic acids is 4. The van der Waals surface area contributed by atoms with Crippen LogP contribution in [-0.2, 0) is 29.3 Å². The summed E-state index contributed by atoms with van der Waals surface area (Å²) in [6.07, 6.45) is 9.63. The van der Waals surface area contributed by atoms with Crippen LogP contribution >= 0.6 is 0 Å². The van der Waals surface area contributed by atoms with E-state index in [9.17, 15) is 27.6 Å². The molecule has 4 aliphatic rings. The van der Waals surface area contributed by atoms with Gasteiger partial charge < -0.3 is 25.0 Å². The van der Waals surface area contributed by atoms with Gasteiger partial charge in [0.15, 0.2) is 0 Å². The molecule has 2 aliphatic carbocycles. The average molecular weight is 714 g/mol. The first-order chi connectivity index (χ1) is 24.0. The topological polar surface area (TPSA) is 230 Å². The van der Waals surface area contributed by atoms with Gasteiger partial charge in [0, 0.05) is 24.4 Å². The van der Waals surface area contributed by atoms with Gasteiger partial charge in [0.25, 0.3) is 16.1 Å². The number of alkyl carbamates (subject to hydrolysis) is 1. The fourth-order valence-electron chi connectivity index (χ4n) is 7.05. The smallest absolute Gasteiger partial charge is 0.408 e. The lowest BCUT2D eigenvalue weighted by Gasteiger charge is -2.30. The lowest BCUT2D eigenvalue weighted by atomic mass is 10.0. The van der Waals surface area contributed by atoms with Gasteiger partial charge in [-0.25, -0.2) is 14.7 Å². The first-order valence-corrected chi connectivity index (χ1v) is 18.6. The van der Waals surface area contributed by atoms with E-state index in [0.29, 0.717) is 36.4 Å². The Bertz CT molecular complexity index is 1730. The van der Waals surface area contributed by atoms with Crippen LogP contribution in [0.25, 0.3) is 11.4 Å². The molecule has 3 fully saturated rings. The zero-order chi connectivity index (χ0) is 35.5. The SMILES string of the molecule is COc1ccc(-c2nnn([C@@H]3C[C@H]4C(=O)N[C@@]5(C(=O)NS(N)(=O)=O)C[C@H]5/C=C\CCCCC[C@@H](NC(=O)OC5CCCC5)C(=O)N4C3)n2)cc1. The maximum absolute atomic E-state index is 14.4. The molecule has 4 amide bonds. The molecule has 1 aromatic carbocycles. The largest absolute Gasteiger partial charge is 0.497 e. The van der Waals surface area contributed by atoms with Gasteiger partial charge in [-0.3, -0.25) is 14.4 Å². The number of ether oxygens (including phenoxy) is 2. The molecule has 6 rings (SSSR count). The van der Waals surface area contributed by atoms with Crippen LogP contribution in [0.4, 0.5) is 4.79 Å². The van der Waals surface area contributed by atoms with Gasteiger partial charge in [-0.2, -0.15) is 13.2 Å². The minimum Gasteiger partial charge on any atom is -0.497 e. The van der Waals surface area contributed by atoms with E-state index < -0.39 is 63.6 Å². The Kier molecular flexibility index (Phi) is 10.4. The molecule has 0 spiro atoms. The highest BCUT2D eigenvalue weighted by Crippen LogP contribution is 2.46.